The van der Waals surface area contributed by atoms with E-state index in [-0.39, 0.29) is 6.61 Å². The van der Waals surface area contributed by atoms with Crippen molar-refractivity contribution >= 4 is 11.3 Å². The van der Waals surface area contributed by atoms with Gasteiger partial charge in [0.2, 0.25) is 5.82 Å². The van der Waals surface area contributed by atoms with E-state index < -0.39 is 0 Å². The van der Waals surface area contributed by atoms with Crippen LogP contribution in [-0.4, -0.2) is 22.2 Å². The topological polar surface area (TPSA) is 70.3 Å². The highest BCUT2D eigenvalue weighted by Gasteiger charge is 2.13. The standard InChI is InChI=1S/C20H17N3O3S/c1-13-12-27-20(21-13)14-7-9-15(10-8-14)25-11-18-22-19(23-26-18)16-5-3-4-6-17(16)24-2/h3-10,12H,11H2,1-2H3. The summed E-state index contributed by atoms with van der Waals surface area (Å²) in [6.45, 7) is 2.18. The van der Waals surface area contributed by atoms with E-state index >= 15 is 0 Å². The van der Waals surface area contributed by atoms with Crippen molar-refractivity contribution in [2.24, 2.45) is 0 Å². The van der Waals surface area contributed by atoms with E-state index in [4.69, 9.17) is 14.0 Å². The molecule has 0 unspecified atom stereocenters. The maximum atomic E-state index is 5.75. The molecule has 0 radical (unpaired) electrons. The quantitative estimate of drug-likeness (QED) is 0.481. The molecule has 0 aliphatic heterocycles. The van der Waals surface area contributed by atoms with Crippen molar-refractivity contribution in [1.82, 2.24) is 15.1 Å². The molecule has 2 heterocycles. The number of aryl methyl sites for hydroxylation is 1. The molecule has 0 bridgehead atoms. The first-order valence-electron chi connectivity index (χ1n) is 8.34. The molecule has 4 rings (SSSR count). The molecule has 0 saturated carbocycles. The largest absolute Gasteiger partial charge is 0.496 e. The fourth-order valence-electron chi connectivity index (χ4n) is 2.58. The van der Waals surface area contributed by atoms with Gasteiger partial charge < -0.3 is 14.0 Å². The highest BCUT2D eigenvalue weighted by Crippen LogP contribution is 2.28. The lowest BCUT2D eigenvalue weighted by Crippen LogP contribution is -1.96. The second-order valence-corrected chi connectivity index (χ2v) is 6.68. The van der Waals surface area contributed by atoms with Crippen LogP contribution in [0.4, 0.5) is 0 Å². The van der Waals surface area contributed by atoms with E-state index in [1.807, 2.05) is 60.8 Å². The second kappa shape index (κ2) is 7.59. The molecule has 0 aliphatic carbocycles. The predicted octanol–water partition coefficient (Wildman–Crippen LogP) is 4.76. The van der Waals surface area contributed by atoms with Gasteiger partial charge in [-0.05, 0) is 43.3 Å². The first kappa shape index (κ1) is 17.2. The number of aromatic nitrogens is 3. The molecule has 0 saturated heterocycles. The fourth-order valence-corrected chi connectivity index (χ4v) is 3.38. The first-order chi connectivity index (χ1) is 13.2. The van der Waals surface area contributed by atoms with Crippen LogP contribution in [0, 0.1) is 6.92 Å². The van der Waals surface area contributed by atoms with Gasteiger partial charge in [0.1, 0.15) is 16.5 Å². The van der Waals surface area contributed by atoms with E-state index in [0.717, 1.165) is 27.6 Å². The van der Waals surface area contributed by atoms with E-state index in [1.165, 1.54) is 0 Å². The molecule has 6 nitrogen and oxygen atoms in total. The predicted molar refractivity (Wildman–Crippen MR) is 103 cm³/mol. The van der Waals surface area contributed by atoms with Crippen LogP contribution in [-0.2, 0) is 6.61 Å². The molecule has 27 heavy (non-hydrogen) atoms. The average Bonchev–Trinajstić information content (AvgIpc) is 3.36. The Morgan fingerprint density at radius 1 is 1.04 bits per heavy atom. The fraction of sp³-hybridized carbons (Fsp3) is 0.150. The summed E-state index contributed by atoms with van der Waals surface area (Å²) in [6.07, 6.45) is 0. The zero-order chi connectivity index (χ0) is 18.6. The molecule has 0 fully saturated rings. The molecule has 0 aliphatic rings. The summed E-state index contributed by atoms with van der Waals surface area (Å²) in [4.78, 5) is 8.86. The van der Waals surface area contributed by atoms with E-state index in [2.05, 4.69) is 15.1 Å². The summed E-state index contributed by atoms with van der Waals surface area (Å²) in [5.41, 5.74) is 2.87. The van der Waals surface area contributed by atoms with Crippen LogP contribution in [0.25, 0.3) is 22.0 Å². The Balaban J connectivity index is 1.43. The third-order valence-electron chi connectivity index (χ3n) is 3.90. The monoisotopic (exact) mass is 379 g/mol. The number of hydrogen-bond acceptors (Lipinski definition) is 7. The van der Waals surface area contributed by atoms with E-state index in [0.29, 0.717) is 17.5 Å². The van der Waals surface area contributed by atoms with Crippen LogP contribution in [0.2, 0.25) is 0 Å². The number of methoxy groups -OCH3 is 1. The third-order valence-corrected chi connectivity index (χ3v) is 4.91. The van der Waals surface area contributed by atoms with Crippen LogP contribution >= 0.6 is 11.3 Å². The number of ether oxygens (including phenoxy) is 2. The Kier molecular flexibility index (Phi) is 4.84. The molecule has 0 N–H and O–H groups in total. The maximum absolute atomic E-state index is 5.75. The summed E-state index contributed by atoms with van der Waals surface area (Å²) in [5, 5.41) is 7.04. The Hall–Kier alpha value is -3.19. The highest BCUT2D eigenvalue weighted by atomic mass is 32.1. The van der Waals surface area contributed by atoms with Crippen LogP contribution in [0.1, 0.15) is 11.6 Å². The van der Waals surface area contributed by atoms with Gasteiger partial charge in [-0.1, -0.05) is 17.3 Å². The third kappa shape index (κ3) is 3.83. The number of thiazole rings is 1. The van der Waals surface area contributed by atoms with Gasteiger partial charge >= 0.3 is 0 Å². The molecule has 0 atom stereocenters. The minimum absolute atomic E-state index is 0.192. The van der Waals surface area contributed by atoms with E-state index in [9.17, 15) is 0 Å². The molecule has 0 amide bonds. The molecule has 136 valence electrons. The zero-order valence-electron chi connectivity index (χ0n) is 14.9. The number of benzene rings is 2. The minimum atomic E-state index is 0.192. The molecule has 0 spiro atoms. The zero-order valence-corrected chi connectivity index (χ0v) is 15.7. The van der Waals surface area contributed by atoms with Crippen LogP contribution in [0.5, 0.6) is 11.5 Å². The molecular weight excluding hydrogens is 362 g/mol. The van der Waals surface area contributed by atoms with Crippen LogP contribution < -0.4 is 9.47 Å². The van der Waals surface area contributed by atoms with Gasteiger partial charge in [-0.25, -0.2) is 4.98 Å². The average molecular weight is 379 g/mol. The molecule has 4 aromatic rings. The van der Waals surface area contributed by atoms with Gasteiger partial charge in [-0.2, -0.15) is 4.98 Å². The summed E-state index contributed by atoms with van der Waals surface area (Å²) in [7, 11) is 1.61. The van der Waals surface area contributed by atoms with Crippen molar-refractivity contribution in [2.75, 3.05) is 7.11 Å². The summed E-state index contributed by atoms with van der Waals surface area (Å²) < 4.78 is 16.4. The van der Waals surface area contributed by atoms with Crippen molar-refractivity contribution < 1.29 is 14.0 Å². The first-order valence-corrected chi connectivity index (χ1v) is 9.22. The maximum Gasteiger partial charge on any atom is 0.264 e. The van der Waals surface area contributed by atoms with E-state index in [1.54, 1.807) is 18.4 Å². The van der Waals surface area contributed by atoms with Gasteiger partial charge in [0.15, 0.2) is 6.61 Å². The molecular formula is C20H17N3O3S. The van der Waals surface area contributed by atoms with Crippen LogP contribution in [0.3, 0.4) is 0 Å². The van der Waals surface area contributed by atoms with Gasteiger partial charge in [0, 0.05) is 16.6 Å². The lowest BCUT2D eigenvalue weighted by molar-refractivity contribution is 0.243. The lowest BCUT2D eigenvalue weighted by Gasteiger charge is -2.04. The van der Waals surface area contributed by atoms with Gasteiger partial charge in [-0.3, -0.25) is 0 Å². The Bertz CT molecular complexity index is 1040. The van der Waals surface area contributed by atoms with Crippen LogP contribution in [0.15, 0.2) is 58.4 Å². The molecule has 2 aromatic carbocycles. The van der Waals surface area contributed by atoms with Crippen molar-refractivity contribution in [3.63, 3.8) is 0 Å². The smallest absolute Gasteiger partial charge is 0.264 e. The molecule has 2 aromatic heterocycles. The lowest BCUT2D eigenvalue weighted by atomic mass is 10.2. The highest BCUT2D eigenvalue weighted by molar-refractivity contribution is 7.13. The normalized spacial score (nSPS) is 10.7. The second-order valence-electron chi connectivity index (χ2n) is 5.82. The van der Waals surface area contributed by atoms with Crippen molar-refractivity contribution in [3.8, 4) is 33.5 Å². The van der Waals surface area contributed by atoms with Crippen molar-refractivity contribution in [1.29, 1.82) is 0 Å². The summed E-state index contributed by atoms with van der Waals surface area (Å²) in [6, 6.07) is 15.3. The molecule has 7 heteroatoms. The minimum Gasteiger partial charge on any atom is -0.496 e. The summed E-state index contributed by atoms with van der Waals surface area (Å²) in [5.74, 6) is 2.29. The van der Waals surface area contributed by atoms with Gasteiger partial charge in [0.05, 0.1) is 12.7 Å². The number of rotatable bonds is 6. The number of nitrogens with zero attached hydrogens (tertiary/aromatic N) is 3. The van der Waals surface area contributed by atoms with Crippen molar-refractivity contribution in [2.45, 2.75) is 13.5 Å². The Morgan fingerprint density at radius 3 is 2.59 bits per heavy atom. The number of para-hydroxylation sites is 1. The van der Waals surface area contributed by atoms with Gasteiger partial charge in [-0.15, -0.1) is 11.3 Å². The Labute approximate surface area is 160 Å². The Morgan fingerprint density at radius 2 is 1.85 bits per heavy atom. The number of hydrogen-bond donors (Lipinski definition) is 0. The SMILES string of the molecule is COc1ccccc1-c1noc(COc2ccc(-c3nc(C)cs3)cc2)n1. The van der Waals surface area contributed by atoms with Gasteiger partial charge in [0.25, 0.3) is 5.89 Å². The summed E-state index contributed by atoms with van der Waals surface area (Å²) >= 11 is 1.63. The van der Waals surface area contributed by atoms with Crippen molar-refractivity contribution in [3.05, 3.63) is 65.5 Å².